The van der Waals surface area contributed by atoms with Crippen molar-refractivity contribution >= 4 is 5.97 Å². The summed E-state index contributed by atoms with van der Waals surface area (Å²) in [5.74, 6) is -0.217. The van der Waals surface area contributed by atoms with Crippen LogP contribution in [-0.2, 0) is 4.79 Å². The highest BCUT2D eigenvalue weighted by Gasteiger charge is 2.34. The van der Waals surface area contributed by atoms with E-state index in [0.717, 1.165) is 5.56 Å². The normalized spacial score (nSPS) is 14.2. The van der Waals surface area contributed by atoms with Crippen LogP contribution < -0.4 is 10.1 Å². The number of rotatable bonds is 6. The number of benzene rings is 1. The largest absolute Gasteiger partial charge is 0.491 e. The molecule has 0 heterocycles. The Hall–Kier alpha value is -1.55. The van der Waals surface area contributed by atoms with E-state index in [4.69, 9.17) is 4.74 Å². The molecule has 0 aromatic heterocycles. The lowest BCUT2D eigenvalue weighted by molar-refractivity contribution is -0.145. The topological polar surface area (TPSA) is 58.6 Å². The molecule has 0 aliphatic rings. The van der Waals surface area contributed by atoms with Gasteiger partial charge in [-0.1, -0.05) is 6.07 Å². The maximum absolute atomic E-state index is 11.4. The molecule has 1 aromatic rings. The van der Waals surface area contributed by atoms with Crippen LogP contribution in [-0.4, -0.2) is 29.3 Å². The van der Waals surface area contributed by atoms with E-state index in [1.807, 2.05) is 45.9 Å². The highest BCUT2D eigenvalue weighted by Crippen LogP contribution is 2.18. The second kappa shape index (κ2) is 6.06. The molecule has 4 heteroatoms. The van der Waals surface area contributed by atoms with Gasteiger partial charge >= 0.3 is 5.97 Å². The Labute approximate surface area is 114 Å². The molecule has 1 atom stereocenters. The SMILES string of the molecule is Cc1ccc(OCC(C)(NC(C)C)C(=O)O)cc1C. The van der Waals surface area contributed by atoms with Crippen LogP contribution in [0, 0.1) is 13.8 Å². The molecular weight excluding hydrogens is 242 g/mol. The average molecular weight is 265 g/mol. The summed E-state index contributed by atoms with van der Waals surface area (Å²) in [5, 5.41) is 12.3. The van der Waals surface area contributed by atoms with Gasteiger partial charge in [0.15, 0.2) is 0 Å². The number of hydrogen-bond acceptors (Lipinski definition) is 3. The first kappa shape index (κ1) is 15.5. The molecule has 1 unspecified atom stereocenters. The van der Waals surface area contributed by atoms with Crippen LogP contribution in [0.4, 0.5) is 0 Å². The zero-order valence-corrected chi connectivity index (χ0v) is 12.3. The molecule has 0 aliphatic heterocycles. The number of aliphatic carboxylic acids is 1. The fourth-order valence-electron chi connectivity index (χ4n) is 1.83. The first-order valence-corrected chi connectivity index (χ1v) is 6.46. The Balaban J connectivity index is 2.76. The number of aryl methyl sites for hydroxylation is 2. The number of nitrogens with one attached hydrogen (secondary N) is 1. The summed E-state index contributed by atoms with van der Waals surface area (Å²) in [6, 6.07) is 5.83. The standard InChI is InChI=1S/C15H23NO3/c1-10(2)16-15(5,14(17)18)9-19-13-7-6-11(3)12(4)8-13/h6-8,10,16H,9H2,1-5H3,(H,17,18). The molecule has 0 radical (unpaired) electrons. The summed E-state index contributed by atoms with van der Waals surface area (Å²) in [6.45, 7) is 9.58. The van der Waals surface area contributed by atoms with Gasteiger partial charge in [-0.05, 0) is 57.9 Å². The van der Waals surface area contributed by atoms with Crippen LogP contribution in [0.1, 0.15) is 31.9 Å². The maximum Gasteiger partial charge on any atom is 0.327 e. The van der Waals surface area contributed by atoms with E-state index >= 15 is 0 Å². The first-order chi connectivity index (χ1) is 8.74. The fraction of sp³-hybridized carbons (Fsp3) is 0.533. The summed E-state index contributed by atoms with van der Waals surface area (Å²) in [7, 11) is 0. The Morgan fingerprint density at radius 1 is 1.37 bits per heavy atom. The van der Waals surface area contributed by atoms with Gasteiger partial charge in [-0.25, -0.2) is 0 Å². The van der Waals surface area contributed by atoms with Crippen molar-refractivity contribution in [2.75, 3.05) is 6.61 Å². The van der Waals surface area contributed by atoms with Crippen molar-refractivity contribution in [2.24, 2.45) is 0 Å². The Kier molecular flexibility index (Phi) is 4.95. The molecule has 0 spiro atoms. The van der Waals surface area contributed by atoms with Crippen LogP contribution in [0.25, 0.3) is 0 Å². The van der Waals surface area contributed by atoms with Crippen molar-refractivity contribution in [1.82, 2.24) is 5.32 Å². The number of carboxylic acids is 1. The number of carboxylic acid groups (broad SMARTS) is 1. The van der Waals surface area contributed by atoms with Gasteiger partial charge in [0, 0.05) is 6.04 Å². The van der Waals surface area contributed by atoms with E-state index in [2.05, 4.69) is 5.32 Å². The molecule has 1 aromatic carbocycles. The molecule has 0 fully saturated rings. The lowest BCUT2D eigenvalue weighted by Crippen LogP contribution is -2.56. The van der Waals surface area contributed by atoms with E-state index in [9.17, 15) is 9.90 Å². The fourth-order valence-corrected chi connectivity index (χ4v) is 1.83. The molecule has 4 nitrogen and oxygen atoms in total. The average Bonchev–Trinajstić information content (AvgIpc) is 2.29. The van der Waals surface area contributed by atoms with E-state index < -0.39 is 11.5 Å². The second-order valence-electron chi connectivity index (χ2n) is 5.47. The zero-order chi connectivity index (χ0) is 14.6. The van der Waals surface area contributed by atoms with Crippen LogP contribution in [0.5, 0.6) is 5.75 Å². The summed E-state index contributed by atoms with van der Waals surface area (Å²) < 4.78 is 5.63. The number of carbonyl (C=O) groups is 1. The highest BCUT2D eigenvalue weighted by molar-refractivity contribution is 5.78. The van der Waals surface area contributed by atoms with Gasteiger partial charge in [-0.15, -0.1) is 0 Å². The van der Waals surface area contributed by atoms with E-state index in [-0.39, 0.29) is 12.6 Å². The molecule has 1 rings (SSSR count). The predicted molar refractivity (Wildman–Crippen MR) is 75.7 cm³/mol. The van der Waals surface area contributed by atoms with Gasteiger partial charge in [0.2, 0.25) is 0 Å². The molecule has 0 amide bonds. The molecule has 0 bridgehead atoms. The second-order valence-corrected chi connectivity index (χ2v) is 5.47. The third-order valence-corrected chi connectivity index (χ3v) is 3.09. The van der Waals surface area contributed by atoms with Crippen molar-refractivity contribution < 1.29 is 14.6 Å². The molecule has 106 valence electrons. The minimum absolute atomic E-state index is 0.0736. The van der Waals surface area contributed by atoms with Crippen molar-refractivity contribution in [2.45, 2.75) is 46.2 Å². The van der Waals surface area contributed by atoms with Gasteiger partial charge in [-0.2, -0.15) is 0 Å². The first-order valence-electron chi connectivity index (χ1n) is 6.46. The summed E-state index contributed by atoms with van der Waals surface area (Å²) in [4.78, 5) is 11.4. The third-order valence-electron chi connectivity index (χ3n) is 3.09. The molecule has 19 heavy (non-hydrogen) atoms. The van der Waals surface area contributed by atoms with E-state index in [1.165, 1.54) is 5.56 Å². The van der Waals surface area contributed by atoms with Crippen LogP contribution >= 0.6 is 0 Å². The van der Waals surface area contributed by atoms with Gasteiger partial charge in [-0.3, -0.25) is 10.1 Å². The quantitative estimate of drug-likeness (QED) is 0.830. The summed E-state index contributed by atoms with van der Waals surface area (Å²) >= 11 is 0. The molecule has 0 saturated carbocycles. The van der Waals surface area contributed by atoms with Gasteiger partial charge in [0.05, 0.1) is 0 Å². The monoisotopic (exact) mass is 265 g/mol. The summed E-state index contributed by atoms with van der Waals surface area (Å²) in [6.07, 6.45) is 0. The molecule has 0 saturated heterocycles. The number of hydrogen-bond donors (Lipinski definition) is 2. The lowest BCUT2D eigenvalue weighted by atomic mass is 10.0. The van der Waals surface area contributed by atoms with Gasteiger partial charge in [0.25, 0.3) is 0 Å². The Morgan fingerprint density at radius 2 is 2.00 bits per heavy atom. The van der Waals surface area contributed by atoms with Gasteiger partial charge < -0.3 is 9.84 Å². The minimum atomic E-state index is -1.09. The van der Waals surface area contributed by atoms with Crippen molar-refractivity contribution in [3.05, 3.63) is 29.3 Å². The van der Waals surface area contributed by atoms with Gasteiger partial charge in [0.1, 0.15) is 17.9 Å². The zero-order valence-electron chi connectivity index (χ0n) is 12.3. The van der Waals surface area contributed by atoms with Crippen LogP contribution in [0.2, 0.25) is 0 Å². The van der Waals surface area contributed by atoms with Crippen molar-refractivity contribution in [3.8, 4) is 5.75 Å². The van der Waals surface area contributed by atoms with E-state index in [1.54, 1.807) is 6.92 Å². The smallest absolute Gasteiger partial charge is 0.327 e. The predicted octanol–water partition coefficient (Wildman–Crippen LogP) is 2.52. The molecule has 2 N–H and O–H groups in total. The lowest BCUT2D eigenvalue weighted by Gasteiger charge is -2.28. The summed E-state index contributed by atoms with van der Waals surface area (Å²) in [5.41, 5.74) is 1.23. The highest BCUT2D eigenvalue weighted by atomic mass is 16.5. The minimum Gasteiger partial charge on any atom is -0.491 e. The van der Waals surface area contributed by atoms with E-state index in [0.29, 0.717) is 5.75 Å². The molecular formula is C15H23NO3. The Morgan fingerprint density at radius 3 is 2.47 bits per heavy atom. The van der Waals surface area contributed by atoms with Crippen molar-refractivity contribution in [1.29, 1.82) is 0 Å². The maximum atomic E-state index is 11.4. The Bertz CT molecular complexity index is 457. The van der Waals surface area contributed by atoms with Crippen LogP contribution in [0.15, 0.2) is 18.2 Å². The molecule has 0 aliphatic carbocycles. The van der Waals surface area contributed by atoms with Crippen LogP contribution in [0.3, 0.4) is 0 Å². The van der Waals surface area contributed by atoms with Crippen molar-refractivity contribution in [3.63, 3.8) is 0 Å². The third kappa shape index (κ3) is 4.24. The number of ether oxygens (including phenoxy) is 1.